The Labute approximate surface area is 143 Å². The number of nitrogens with zero attached hydrogens (tertiary/aromatic N) is 1. The van der Waals surface area contributed by atoms with Crippen molar-refractivity contribution in [1.29, 1.82) is 0 Å². The van der Waals surface area contributed by atoms with Crippen molar-refractivity contribution in [1.82, 2.24) is 5.32 Å². The zero-order valence-corrected chi connectivity index (χ0v) is 13.6. The van der Waals surface area contributed by atoms with Crippen molar-refractivity contribution < 1.29 is 18.4 Å². The zero-order chi connectivity index (χ0) is 17.7. The Balaban J connectivity index is 2.00. The minimum absolute atomic E-state index is 0.0949. The van der Waals surface area contributed by atoms with Crippen LogP contribution in [-0.2, 0) is 4.79 Å². The van der Waals surface area contributed by atoms with Crippen LogP contribution in [0.5, 0.6) is 0 Å². The molecule has 7 heteroatoms. The van der Waals surface area contributed by atoms with E-state index in [-0.39, 0.29) is 29.6 Å². The third-order valence-corrected chi connectivity index (χ3v) is 3.59. The van der Waals surface area contributed by atoms with E-state index in [1.54, 1.807) is 0 Å². The summed E-state index contributed by atoms with van der Waals surface area (Å²) < 4.78 is 26.3. The fourth-order valence-corrected chi connectivity index (χ4v) is 2.31. The van der Waals surface area contributed by atoms with Crippen molar-refractivity contribution in [3.8, 4) is 0 Å². The first-order chi connectivity index (χ1) is 11.4. The number of hydrogen-bond acceptors (Lipinski definition) is 2. The van der Waals surface area contributed by atoms with Gasteiger partial charge in [-0.1, -0.05) is 17.7 Å². The third-order valence-electron chi connectivity index (χ3n) is 3.30. The molecule has 2 amide bonds. The van der Waals surface area contributed by atoms with E-state index in [0.717, 1.165) is 6.07 Å². The first kappa shape index (κ1) is 17.9. The molecule has 2 aromatic carbocycles. The Hall–Kier alpha value is -2.47. The van der Waals surface area contributed by atoms with E-state index in [1.807, 2.05) is 0 Å². The van der Waals surface area contributed by atoms with Gasteiger partial charge in [0, 0.05) is 31.3 Å². The molecule has 0 saturated heterocycles. The van der Waals surface area contributed by atoms with Gasteiger partial charge < -0.3 is 10.2 Å². The number of rotatable bonds is 5. The first-order valence-corrected chi connectivity index (χ1v) is 7.53. The number of hydrogen-bond donors (Lipinski definition) is 1. The van der Waals surface area contributed by atoms with E-state index in [2.05, 4.69) is 5.32 Å². The molecule has 0 aliphatic carbocycles. The summed E-state index contributed by atoms with van der Waals surface area (Å²) in [6, 6.07) is 9.22. The van der Waals surface area contributed by atoms with Crippen LogP contribution in [0, 0.1) is 11.6 Å². The van der Waals surface area contributed by atoms with Crippen LogP contribution in [0.3, 0.4) is 0 Å². The molecular formula is C17H15ClF2N2O2. The minimum atomic E-state index is -0.580. The summed E-state index contributed by atoms with van der Waals surface area (Å²) >= 11 is 5.72. The van der Waals surface area contributed by atoms with Crippen molar-refractivity contribution in [2.75, 3.05) is 18.0 Å². The highest BCUT2D eigenvalue weighted by Gasteiger charge is 2.14. The molecule has 0 aliphatic heterocycles. The number of carbonyl (C=O) groups is 2. The Bertz CT molecular complexity index is 768. The monoisotopic (exact) mass is 352 g/mol. The molecule has 4 nitrogen and oxygen atoms in total. The largest absolute Gasteiger partial charge is 0.350 e. The lowest BCUT2D eigenvalue weighted by molar-refractivity contribution is -0.116. The van der Waals surface area contributed by atoms with Crippen LogP contribution in [-0.4, -0.2) is 24.9 Å². The van der Waals surface area contributed by atoms with Gasteiger partial charge in [0.15, 0.2) is 0 Å². The van der Waals surface area contributed by atoms with Crippen LogP contribution in [0.15, 0.2) is 42.5 Å². The van der Waals surface area contributed by atoms with Crippen molar-refractivity contribution >= 4 is 29.1 Å². The van der Waals surface area contributed by atoms with Gasteiger partial charge in [-0.2, -0.15) is 0 Å². The lowest BCUT2D eigenvalue weighted by atomic mass is 10.2. The second-order valence-electron chi connectivity index (χ2n) is 5.04. The van der Waals surface area contributed by atoms with E-state index in [1.165, 1.54) is 48.2 Å². The molecule has 0 fully saturated rings. The zero-order valence-electron chi connectivity index (χ0n) is 12.9. The Morgan fingerprint density at radius 2 is 1.92 bits per heavy atom. The number of amides is 2. The van der Waals surface area contributed by atoms with E-state index in [9.17, 15) is 18.4 Å². The highest BCUT2D eigenvalue weighted by Crippen LogP contribution is 2.22. The van der Waals surface area contributed by atoms with Crippen LogP contribution in [0.1, 0.15) is 17.3 Å². The lowest BCUT2D eigenvalue weighted by Gasteiger charge is -2.21. The molecule has 2 rings (SSSR count). The Morgan fingerprint density at radius 3 is 2.54 bits per heavy atom. The van der Waals surface area contributed by atoms with E-state index < -0.39 is 17.5 Å². The molecule has 1 N–H and O–H groups in total. The standard InChI is InChI=1S/C17H15ClF2N2O2/c1-11(23)22(14-5-6-16(20)15(18)10-14)8-7-21-17(24)12-3-2-4-13(19)9-12/h2-6,9-10H,7-8H2,1H3,(H,21,24). The third kappa shape index (κ3) is 4.52. The first-order valence-electron chi connectivity index (χ1n) is 7.15. The average molecular weight is 353 g/mol. The normalized spacial score (nSPS) is 10.3. The predicted molar refractivity (Wildman–Crippen MR) is 88.2 cm³/mol. The van der Waals surface area contributed by atoms with Crippen LogP contribution in [0.4, 0.5) is 14.5 Å². The highest BCUT2D eigenvalue weighted by atomic mass is 35.5. The van der Waals surface area contributed by atoms with Gasteiger partial charge in [-0.25, -0.2) is 8.78 Å². The van der Waals surface area contributed by atoms with Crippen molar-refractivity contribution in [2.24, 2.45) is 0 Å². The maximum Gasteiger partial charge on any atom is 0.251 e. The minimum Gasteiger partial charge on any atom is -0.350 e. The summed E-state index contributed by atoms with van der Waals surface area (Å²) in [4.78, 5) is 25.0. The summed E-state index contributed by atoms with van der Waals surface area (Å²) in [6.45, 7) is 1.66. The SMILES string of the molecule is CC(=O)N(CCNC(=O)c1cccc(F)c1)c1ccc(F)c(Cl)c1. The van der Waals surface area contributed by atoms with Gasteiger partial charge in [0.05, 0.1) is 5.02 Å². The molecule has 0 radical (unpaired) electrons. The smallest absolute Gasteiger partial charge is 0.251 e. The molecule has 0 unspecified atom stereocenters. The maximum absolute atomic E-state index is 13.2. The molecule has 0 aromatic heterocycles. The molecule has 2 aromatic rings. The van der Waals surface area contributed by atoms with E-state index >= 15 is 0 Å². The Kier molecular flexibility index (Phi) is 5.87. The predicted octanol–water partition coefficient (Wildman–Crippen LogP) is 3.40. The van der Waals surface area contributed by atoms with Crippen molar-refractivity contribution in [3.63, 3.8) is 0 Å². The van der Waals surface area contributed by atoms with Crippen molar-refractivity contribution in [2.45, 2.75) is 6.92 Å². The number of anilines is 1. The molecule has 0 heterocycles. The molecule has 126 valence electrons. The fraction of sp³-hybridized carbons (Fsp3) is 0.176. The summed E-state index contributed by atoms with van der Waals surface area (Å²) in [5.74, 6) is -1.81. The van der Waals surface area contributed by atoms with Gasteiger partial charge in [0.25, 0.3) is 5.91 Å². The second-order valence-corrected chi connectivity index (χ2v) is 5.44. The van der Waals surface area contributed by atoms with Gasteiger partial charge >= 0.3 is 0 Å². The molecule has 0 bridgehead atoms. The average Bonchev–Trinajstić information content (AvgIpc) is 2.54. The summed E-state index contributed by atoms with van der Waals surface area (Å²) in [5.41, 5.74) is 0.614. The molecule has 0 saturated carbocycles. The second kappa shape index (κ2) is 7.88. The number of halogens is 3. The molecule has 0 aliphatic rings. The number of nitrogens with one attached hydrogen (secondary N) is 1. The quantitative estimate of drug-likeness (QED) is 0.896. The van der Waals surface area contributed by atoms with Gasteiger partial charge in [0.1, 0.15) is 11.6 Å². The fourth-order valence-electron chi connectivity index (χ4n) is 2.13. The van der Waals surface area contributed by atoms with E-state index in [0.29, 0.717) is 5.69 Å². The number of carbonyl (C=O) groups excluding carboxylic acids is 2. The van der Waals surface area contributed by atoms with Gasteiger partial charge in [-0.3, -0.25) is 9.59 Å². The summed E-state index contributed by atoms with van der Waals surface area (Å²) in [5, 5.41) is 2.51. The summed E-state index contributed by atoms with van der Waals surface area (Å²) in [7, 11) is 0. The van der Waals surface area contributed by atoms with Gasteiger partial charge in [-0.15, -0.1) is 0 Å². The molecule has 24 heavy (non-hydrogen) atoms. The van der Waals surface area contributed by atoms with Crippen LogP contribution >= 0.6 is 11.6 Å². The summed E-state index contributed by atoms with van der Waals surface area (Å²) in [6.07, 6.45) is 0. The van der Waals surface area contributed by atoms with Crippen molar-refractivity contribution in [3.05, 3.63) is 64.7 Å². The molecule has 0 spiro atoms. The van der Waals surface area contributed by atoms with Crippen LogP contribution in [0.2, 0.25) is 5.02 Å². The van der Waals surface area contributed by atoms with Gasteiger partial charge in [0.2, 0.25) is 5.91 Å². The van der Waals surface area contributed by atoms with Gasteiger partial charge in [-0.05, 0) is 36.4 Å². The highest BCUT2D eigenvalue weighted by molar-refractivity contribution is 6.31. The van der Waals surface area contributed by atoms with E-state index in [4.69, 9.17) is 11.6 Å². The molecular weight excluding hydrogens is 338 g/mol. The topological polar surface area (TPSA) is 49.4 Å². The number of benzene rings is 2. The maximum atomic E-state index is 13.2. The lowest BCUT2D eigenvalue weighted by Crippen LogP contribution is -2.37. The van der Waals surface area contributed by atoms with Crippen LogP contribution in [0.25, 0.3) is 0 Å². The molecule has 0 atom stereocenters. The van der Waals surface area contributed by atoms with Crippen LogP contribution < -0.4 is 10.2 Å². The Morgan fingerprint density at radius 1 is 1.17 bits per heavy atom.